The van der Waals surface area contributed by atoms with Gasteiger partial charge in [-0.15, -0.1) is 0 Å². The minimum Gasteiger partial charge on any atom is -0.595 e. The summed E-state index contributed by atoms with van der Waals surface area (Å²) >= 11 is 0. The van der Waals surface area contributed by atoms with E-state index < -0.39 is 11.7 Å². The van der Waals surface area contributed by atoms with Gasteiger partial charge in [0.05, 0.1) is 6.54 Å². The standard InChI is InChI=1S/C13H20N2O2/c1-13(2,3)17-12(16)15-9-11-6-4-10(8-14)5-7-11/h4-7H,8-9,14H2,1-3H3,(H,15,16)/p-1. The lowest BCUT2D eigenvalue weighted by Crippen LogP contribution is -2.31. The average molecular weight is 235 g/mol. The third-order valence-electron chi connectivity index (χ3n) is 2.04. The second-order valence-electron chi connectivity index (χ2n) is 4.82. The second-order valence-corrected chi connectivity index (χ2v) is 4.82. The van der Waals surface area contributed by atoms with E-state index in [1.807, 2.05) is 45.0 Å². The van der Waals surface area contributed by atoms with Crippen LogP contribution in [-0.2, 0) is 17.8 Å². The van der Waals surface area contributed by atoms with Crippen LogP contribution in [0.15, 0.2) is 29.3 Å². The molecule has 0 aliphatic rings. The Morgan fingerprint density at radius 2 is 1.76 bits per heavy atom. The summed E-state index contributed by atoms with van der Waals surface area (Å²) in [6, 6.07) is 7.69. The van der Waals surface area contributed by atoms with Crippen molar-refractivity contribution in [2.24, 2.45) is 10.7 Å². The number of ether oxygens (including phenoxy) is 1. The van der Waals surface area contributed by atoms with Crippen molar-refractivity contribution < 1.29 is 9.84 Å². The minimum atomic E-state index is -0.527. The van der Waals surface area contributed by atoms with Crippen LogP contribution in [0.4, 0.5) is 0 Å². The van der Waals surface area contributed by atoms with Crippen LogP contribution in [0, 0.1) is 0 Å². The Balaban J connectivity index is 2.56. The number of aliphatic imine (C=N–C) groups is 1. The SMILES string of the molecule is CC(C)(C)OC([O-])=NCc1ccc(CN)cc1. The van der Waals surface area contributed by atoms with E-state index in [0.717, 1.165) is 11.1 Å². The summed E-state index contributed by atoms with van der Waals surface area (Å²) in [7, 11) is 0. The first kappa shape index (κ1) is 13.5. The van der Waals surface area contributed by atoms with Crippen molar-refractivity contribution in [1.29, 1.82) is 0 Å². The van der Waals surface area contributed by atoms with Gasteiger partial charge in [-0.3, -0.25) is 4.99 Å². The van der Waals surface area contributed by atoms with Gasteiger partial charge >= 0.3 is 0 Å². The summed E-state index contributed by atoms with van der Waals surface area (Å²) in [6.45, 7) is 6.30. The van der Waals surface area contributed by atoms with Gasteiger partial charge in [-0.05, 0) is 11.1 Å². The first-order valence-corrected chi connectivity index (χ1v) is 5.59. The minimum absolute atomic E-state index is 0.333. The van der Waals surface area contributed by atoms with E-state index in [0.29, 0.717) is 13.1 Å². The van der Waals surface area contributed by atoms with Gasteiger partial charge in [0, 0.05) is 12.1 Å². The van der Waals surface area contributed by atoms with Gasteiger partial charge in [0.15, 0.2) is 0 Å². The number of benzene rings is 1. The first-order valence-electron chi connectivity index (χ1n) is 5.59. The molecule has 2 N–H and O–H groups in total. The molecule has 0 radical (unpaired) electrons. The zero-order valence-electron chi connectivity index (χ0n) is 10.6. The maximum absolute atomic E-state index is 11.3. The van der Waals surface area contributed by atoms with Gasteiger partial charge in [-0.25, -0.2) is 0 Å². The molecule has 0 fully saturated rings. The maximum atomic E-state index is 11.3. The summed E-state index contributed by atoms with van der Waals surface area (Å²) in [4.78, 5) is 3.84. The topological polar surface area (TPSA) is 70.7 Å². The molecule has 17 heavy (non-hydrogen) atoms. The second kappa shape index (κ2) is 5.68. The molecule has 0 unspecified atom stereocenters. The van der Waals surface area contributed by atoms with Gasteiger partial charge in [-0.2, -0.15) is 0 Å². The zero-order valence-corrected chi connectivity index (χ0v) is 10.6. The van der Waals surface area contributed by atoms with E-state index in [1.165, 1.54) is 0 Å². The fourth-order valence-electron chi connectivity index (χ4n) is 1.23. The fourth-order valence-corrected chi connectivity index (χ4v) is 1.23. The Kier molecular flexibility index (Phi) is 4.52. The average Bonchev–Trinajstić information content (AvgIpc) is 2.25. The van der Waals surface area contributed by atoms with E-state index >= 15 is 0 Å². The van der Waals surface area contributed by atoms with Crippen LogP contribution >= 0.6 is 0 Å². The van der Waals surface area contributed by atoms with Crippen molar-refractivity contribution >= 4 is 6.08 Å². The van der Waals surface area contributed by atoms with Crippen molar-refractivity contribution in [3.8, 4) is 0 Å². The molecule has 1 rings (SSSR count). The fraction of sp³-hybridized carbons (Fsp3) is 0.462. The lowest BCUT2D eigenvalue weighted by Gasteiger charge is -2.29. The first-order chi connectivity index (χ1) is 7.90. The molecule has 1 aromatic carbocycles. The Bertz CT molecular complexity index is 377. The number of rotatable bonds is 3. The third kappa shape index (κ3) is 5.36. The number of hydrogen-bond acceptors (Lipinski definition) is 4. The molecule has 0 atom stereocenters. The quantitative estimate of drug-likeness (QED) is 0.631. The molecule has 0 aliphatic carbocycles. The van der Waals surface area contributed by atoms with Crippen LogP contribution in [0.5, 0.6) is 0 Å². The number of hydrogen-bond donors (Lipinski definition) is 1. The molecule has 0 aromatic heterocycles. The van der Waals surface area contributed by atoms with Crippen LogP contribution in [-0.4, -0.2) is 11.7 Å². The molecule has 94 valence electrons. The summed E-state index contributed by atoms with van der Waals surface area (Å²) in [5, 5.41) is 11.3. The number of nitrogens with zero attached hydrogens (tertiary/aromatic N) is 1. The van der Waals surface area contributed by atoms with Gasteiger partial charge < -0.3 is 15.6 Å². The molecule has 1 aromatic rings. The molecule has 4 nitrogen and oxygen atoms in total. The van der Waals surface area contributed by atoms with Crippen LogP contribution in [0.2, 0.25) is 0 Å². The normalized spacial score (nSPS) is 12.6. The molecular formula is C13H19N2O2-. The molecule has 0 amide bonds. The van der Waals surface area contributed by atoms with Crippen molar-refractivity contribution in [3.63, 3.8) is 0 Å². The molecule has 0 saturated heterocycles. The van der Waals surface area contributed by atoms with Crippen LogP contribution in [0.3, 0.4) is 0 Å². The van der Waals surface area contributed by atoms with Gasteiger partial charge in [0.2, 0.25) is 0 Å². The number of nitrogens with two attached hydrogens (primary N) is 1. The van der Waals surface area contributed by atoms with Crippen molar-refractivity contribution in [1.82, 2.24) is 0 Å². The Labute approximate surface area is 102 Å². The third-order valence-corrected chi connectivity index (χ3v) is 2.04. The highest BCUT2D eigenvalue weighted by molar-refractivity contribution is 5.62. The van der Waals surface area contributed by atoms with Crippen LogP contribution in [0.25, 0.3) is 0 Å². The van der Waals surface area contributed by atoms with E-state index in [1.54, 1.807) is 0 Å². The predicted molar refractivity (Wildman–Crippen MR) is 66.3 cm³/mol. The summed E-state index contributed by atoms with van der Waals surface area (Å²) in [5.41, 5.74) is 7.02. The monoisotopic (exact) mass is 235 g/mol. The van der Waals surface area contributed by atoms with Gasteiger partial charge in [0.25, 0.3) is 0 Å². The smallest absolute Gasteiger partial charge is 0.146 e. The molecule has 0 bridgehead atoms. The molecule has 0 spiro atoms. The molecule has 0 saturated carbocycles. The summed E-state index contributed by atoms with van der Waals surface area (Å²) in [6.07, 6.45) is -0.527. The van der Waals surface area contributed by atoms with E-state index in [4.69, 9.17) is 10.5 Å². The van der Waals surface area contributed by atoms with E-state index in [-0.39, 0.29) is 0 Å². The largest absolute Gasteiger partial charge is 0.595 e. The van der Waals surface area contributed by atoms with Gasteiger partial charge in [0.1, 0.15) is 6.08 Å². The Morgan fingerprint density at radius 1 is 1.24 bits per heavy atom. The highest BCUT2D eigenvalue weighted by Gasteiger charge is 2.04. The maximum Gasteiger partial charge on any atom is 0.146 e. The molecule has 0 heterocycles. The highest BCUT2D eigenvalue weighted by atomic mass is 16.6. The van der Waals surface area contributed by atoms with E-state index in [9.17, 15) is 5.11 Å². The lowest BCUT2D eigenvalue weighted by atomic mass is 10.1. The molecule has 0 aliphatic heterocycles. The summed E-state index contributed by atoms with van der Waals surface area (Å²) in [5.74, 6) is 0. The zero-order chi connectivity index (χ0) is 12.9. The Morgan fingerprint density at radius 3 is 2.24 bits per heavy atom. The molecule has 4 heteroatoms. The lowest BCUT2D eigenvalue weighted by molar-refractivity contribution is -0.260. The van der Waals surface area contributed by atoms with Crippen molar-refractivity contribution in [2.45, 2.75) is 39.5 Å². The van der Waals surface area contributed by atoms with Crippen molar-refractivity contribution in [3.05, 3.63) is 35.4 Å². The highest BCUT2D eigenvalue weighted by Crippen LogP contribution is 2.08. The predicted octanol–water partition coefficient (Wildman–Crippen LogP) is 1.18. The van der Waals surface area contributed by atoms with Crippen molar-refractivity contribution in [2.75, 3.05) is 0 Å². The Hall–Kier alpha value is -1.55. The van der Waals surface area contributed by atoms with Crippen LogP contribution in [0.1, 0.15) is 31.9 Å². The van der Waals surface area contributed by atoms with E-state index in [2.05, 4.69) is 4.99 Å². The summed E-state index contributed by atoms with van der Waals surface area (Å²) < 4.78 is 5.08. The molecular weight excluding hydrogens is 216 g/mol. The van der Waals surface area contributed by atoms with Crippen LogP contribution < -0.4 is 10.8 Å². The van der Waals surface area contributed by atoms with Gasteiger partial charge in [-0.1, -0.05) is 45.0 Å².